The number of halogens is 6. The first-order valence-corrected chi connectivity index (χ1v) is 7.21. The first kappa shape index (κ1) is 20.0. The number of amides is 1. The molecule has 0 spiro atoms. The van der Waals surface area contributed by atoms with Crippen molar-refractivity contribution >= 4 is 5.91 Å². The molecule has 0 aliphatic carbocycles. The third-order valence-corrected chi connectivity index (χ3v) is 3.27. The van der Waals surface area contributed by atoms with Crippen LogP contribution in [-0.2, 0) is 6.18 Å². The van der Waals surface area contributed by atoms with Gasteiger partial charge in [-0.3, -0.25) is 9.89 Å². The number of H-pyrrole nitrogens is 1. The lowest BCUT2D eigenvalue weighted by molar-refractivity contribution is -0.141. The van der Waals surface area contributed by atoms with E-state index < -0.39 is 40.8 Å². The van der Waals surface area contributed by atoms with Crippen LogP contribution in [0.4, 0.5) is 26.3 Å². The molecular formula is C17H11F6N3O. The van der Waals surface area contributed by atoms with Crippen molar-refractivity contribution in [3.05, 3.63) is 77.4 Å². The van der Waals surface area contributed by atoms with Gasteiger partial charge >= 0.3 is 6.18 Å². The van der Waals surface area contributed by atoms with Crippen molar-refractivity contribution in [3.63, 3.8) is 0 Å². The number of carbonyl (C=O) groups is 1. The highest BCUT2D eigenvalue weighted by molar-refractivity contribution is 5.93. The van der Waals surface area contributed by atoms with Crippen LogP contribution in [0.1, 0.15) is 16.1 Å². The highest BCUT2D eigenvalue weighted by Crippen LogP contribution is 2.29. The normalized spacial score (nSPS) is 10.9. The highest BCUT2D eigenvalue weighted by atomic mass is 19.4. The molecule has 0 aliphatic rings. The first-order valence-electron chi connectivity index (χ1n) is 7.21. The van der Waals surface area contributed by atoms with E-state index in [0.29, 0.717) is 11.1 Å². The number of aromatic nitrogens is 2. The maximum Gasteiger partial charge on any atom is 0.433 e. The monoisotopic (exact) mass is 387 g/mol. The van der Waals surface area contributed by atoms with Crippen LogP contribution in [0.15, 0.2) is 48.7 Å². The van der Waals surface area contributed by atoms with E-state index in [9.17, 15) is 31.1 Å². The molecule has 0 saturated carbocycles. The van der Waals surface area contributed by atoms with Gasteiger partial charge in [-0.2, -0.15) is 18.3 Å². The topological polar surface area (TPSA) is 71.8 Å². The van der Waals surface area contributed by atoms with Gasteiger partial charge in [0.15, 0.2) is 17.3 Å². The third kappa shape index (κ3) is 5.09. The van der Waals surface area contributed by atoms with Gasteiger partial charge in [-0.05, 0) is 35.4 Å². The fraction of sp³-hybridized carbons (Fsp3) is 0.0588. The molecule has 0 atom stereocenters. The van der Waals surface area contributed by atoms with E-state index in [1.54, 1.807) is 11.2 Å². The molecule has 1 amide bonds. The second kappa shape index (κ2) is 7.94. The fourth-order valence-corrected chi connectivity index (χ4v) is 2.03. The zero-order chi connectivity index (χ0) is 20.2. The lowest BCUT2D eigenvalue weighted by Crippen LogP contribution is -2.17. The van der Waals surface area contributed by atoms with Crippen molar-refractivity contribution in [1.29, 1.82) is 0 Å². The summed E-state index contributed by atoms with van der Waals surface area (Å²) in [6, 6.07) is 9.20. The Balaban J connectivity index is 0.000000199. The standard InChI is InChI=1S/C12H7F3.C5H4F3N3O/c13-10-3-1-2-8(6-10)9-4-5-11(14)12(15)7-9;6-5(7,8)3-2(4(9)12)1-10-11-3/h1-7H;1H,(H2,9,12)(H,10,11). The van der Waals surface area contributed by atoms with Gasteiger partial charge in [0.1, 0.15) is 5.82 Å². The van der Waals surface area contributed by atoms with Gasteiger partial charge in [-0.1, -0.05) is 18.2 Å². The number of nitrogens with one attached hydrogen (secondary N) is 1. The van der Waals surface area contributed by atoms with E-state index in [2.05, 4.69) is 10.8 Å². The smallest absolute Gasteiger partial charge is 0.365 e. The maximum atomic E-state index is 12.9. The Kier molecular flexibility index (Phi) is 5.88. The molecule has 4 nitrogen and oxygen atoms in total. The predicted octanol–water partition coefficient (Wildman–Crippen LogP) is 4.30. The fourth-order valence-electron chi connectivity index (χ4n) is 2.03. The summed E-state index contributed by atoms with van der Waals surface area (Å²) in [4.78, 5) is 10.4. The Morgan fingerprint density at radius 2 is 1.63 bits per heavy atom. The molecule has 0 bridgehead atoms. The Bertz CT molecular complexity index is 952. The van der Waals surface area contributed by atoms with Gasteiger partial charge < -0.3 is 5.73 Å². The Morgan fingerprint density at radius 1 is 0.963 bits per heavy atom. The number of aromatic amines is 1. The quantitative estimate of drug-likeness (QED) is 0.644. The van der Waals surface area contributed by atoms with Gasteiger partial charge in [0.2, 0.25) is 0 Å². The molecule has 0 unspecified atom stereocenters. The highest BCUT2D eigenvalue weighted by Gasteiger charge is 2.36. The van der Waals surface area contributed by atoms with Crippen LogP contribution >= 0.6 is 0 Å². The second-order valence-electron chi connectivity index (χ2n) is 5.16. The number of primary amides is 1. The van der Waals surface area contributed by atoms with Crippen LogP contribution in [0.5, 0.6) is 0 Å². The SMILES string of the molecule is Fc1cccc(-c2ccc(F)c(F)c2)c1.NC(=O)c1cn[nH]c1C(F)(F)F. The largest absolute Gasteiger partial charge is 0.433 e. The van der Waals surface area contributed by atoms with Crippen molar-refractivity contribution in [1.82, 2.24) is 10.2 Å². The molecule has 3 aromatic rings. The summed E-state index contributed by atoms with van der Waals surface area (Å²) in [5.74, 6) is -3.40. The van der Waals surface area contributed by atoms with Crippen LogP contribution in [0, 0.1) is 17.5 Å². The van der Waals surface area contributed by atoms with E-state index in [-0.39, 0.29) is 0 Å². The number of hydrogen-bond donors (Lipinski definition) is 2. The number of benzene rings is 2. The molecule has 0 aliphatic heterocycles. The van der Waals surface area contributed by atoms with Crippen LogP contribution in [0.3, 0.4) is 0 Å². The number of carbonyl (C=O) groups excluding carboxylic acids is 1. The van der Waals surface area contributed by atoms with Gasteiger partial charge in [0, 0.05) is 0 Å². The minimum absolute atomic E-state index is 0.405. The molecule has 27 heavy (non-hydrogen) atoms. The number of rotatable bonds is 2. The molecule has 1 heterocycles. The van der Waals surface area contributed by atoms with E-state index in [1.807, 2.05) is 0 Å². The van der Waals surface area contributed by atoms with Crippen LogP contribution in [0.2, 0.25) is 0 Å². The minimum atomic E-state index is -4.62. The Labute approximate surface area is 148 Å². The molecule has 0 fully saturated rings. The average molecular weight is 387 g/mol. The number of hydrogen-bond acceptors (Lipinski definition) is 2. The van der Waals surface area contributed by atoms with Crippen LogP contribution < -0.4 is 5.73 Å². The Hall–Kier alpha value is -3.30. The lowest BCUT2D eigenvalue weighted by Gasteiger charge is -2.03. The molecule has 2 aromatic carbocycles. The van der Waals surface area contributed by atoms with Crippen molar-refractivity contribution in [3.8, 4) is 11.1 Å². The molecule has 10 heteroatoms. The predicted molar refractivity (Wildman–Crippen MR) is 83.9 cm³/mol. The summed E-state index contributed by atoms with van der Waals surface area (Å²) in [6.45, 7) is 0. The Morgan fingerprint density at radius 3 is 2.15 bits per heavy atom. The van der Waals surface area contributed by atoms with Crippen molar-refractivity contribution in [2.75, 3.05) is 0 Å². The molecular weight excluding hydrogens is 376 g/mol. The summed E-state index contributed by atoms with van der Waals surface area (Å²) < 4.78 is 74.3. The molecule has 1 aromatic heterocycles. The van der Waals surface area contributed by atoms with Gasteiger partial charge in [-0.25, -0.2) is 13.2 Å². The second-order valence-corrected chi connectivity index (χ2v) is 5.16. The van der Waals surface area contributed by atoms with Gasteiger partial charge in [0.05, 0.1) is 11.8 Å². The third-order valence-electron chi connectivity index (χ3n) is 3.27. The van der Waals surface area contributed by atoms with Crippen molar-refractivity contribution in [2.45, 2.75) is 6.18 Å². The summed E-state index contributed by atoms with van der Waals surface area (Å²) >= 11 is 0. The number of nitrogens with zero attached hydrogens (tertiary/aromatic N) is 1. The van der Waals surface area contributed by atoms with Gasteiger partial charge in [0.25, 0.3) is 5.91 Å². The van der Waals surface area contributed by atoms with E-state index in [0.717, 1.165) is 18.3 Å². The summed E-state index contributed by atoms with van der Waals surface area (Å²) in [6.07, 6.45) is -3.88. The van der Waals surface area contributed by atoms with Crippen LogP contribution in [0.25, 0.3) is 11.1 Å². The minimum Gasteiger partial charge on any atom is -0.365 e. The zero-order valence-electron chi connectivity index (χ0n) is 13.3. The number of alkyl halides is 3. The maximum absolute atomic E-state index is 12.9. The molecule has 142 valence electrons. The molecule has 3 N–H and O–H groups in total. The summed E-state index contributed by atoms with van der Waals surface area (Å²) in [5, 5.41) is 4.72. The summed E-state index contributed by atoms with van der Waals surface area (Å²) in [5.41, 5.74) is 3.77. The zero-order valence-corrected chi connectivity index (χ0v) is 13.3. The van der Waals surface area contributed by atoms with Crippen molar-refractivity contribution in [2.24, 2.45) is 5.73 Å². The van der Waals surface area contributed by atoms with E-state index in [4.69, 9.17) is 0 Å². The lowest BCUT2D eigenvalue weighted by atomic mass is 10.1. The average Bonchev–Trinajstić information content (AvgIpc) is 3.08. The molecule has 0 radical (unpaired) electrons. The van der Waals surface area contributed by atoms with Crippen LogP contribution in [-0.4, -0.2) is 16.1 Å². The first-order chi connectivity index (χ1) is 12.6. The number of nitrogens with two attached hydrogens (primary N) is 1. The summed E-state index contributed by atoms with van der Waals surface area (Å²) in [7, 11) is 0. The van der Waals surface area contributed by atoms with E-state index in [1.165, 1.54) is 24.3 Å². The van der Waals surface area contributed by atoms with E-state index >= 15 is 0 Å². The molecule has 3 rings (SSSR count). The van der Waals surface area contributed by atoms with Crippen molar-refractivity contribution < 1.29 is 31.1 Å². The van der Waals surface area contributed by atoms with Gasteiger partial charge in [-0.15, -0.1) is 0 Å². The molecule has 0 saturated heterocycles.